The van der Waals surface area contributed by atoms with Crippen LogP contribution in [0.4, 0.5) is 18.9 Å². The molecule has 0 amide bonds. The Balaban J connectivity index is 2.68. The second kappa shape index (κ2) is 6.47. The maximum atomic E-state index is 12.9. The average molecular weight is 412 g/mol. The summed E-state index contributed by atoms with van der Waals surface area (Å²) in [6.45, 7) is -0.543. The summed E-state index contributed by atoms with van der Waals surface area (Å²) in [7, 11) is -2.81. The molecule has 7 nitrogen and oxygen atoms in total. The van der Waals surface area contributed by atoms with Crippen molar-refractivity contribution < 1.29 is 21.6 Å². The van der Waals surface area contributed by atoms with Crippen LogP contribution in [0.3, 0.4) is 0 Å². The first-order valence-electron chi connectivity index (χ1n) is 6.89. The monoisotopic (exact) mass is 411 g/mol. The fourth-order valence-corrected chi connectivity index (χ4v) is 3.24. The van der Waals surface area contributed by atoms with Gasteiger partial charge in [-0.15, -0.1) is 0 Å². The van der Waals surface area contributed by atoms with Gasteiger partial charge in [0.15, 0.2) is 9.84 Å². The van der Waals surface area contributed by atoms with Crippen LogP contribution in [0.15, 0.2) is 32.7 Å². The molecule has 0 fully saturated rings. The number of rotatable bonds is 3. The van der Waals surface area contributed by atoms with Crippen molar-refractivity contribution in [1.29, 1.82) is 0 Å². The Morgan fingerprint density at radius 2 is 1.77 bits per heavy atom. The van der Waals surface area contributed by atoms with E-state index < -0.39 is 39.5 Å². The van der Waals surface area contributed by atoms with E-state index in [1.807, 2.05) is 0 Å². The second-order valence-electron chi connectivity index (χ2n) is 5.54. The molecule has 2 aromatic rings. The Morgan fingerprint density at radius 1 is 1.19 bits per heavy atom. The number of aromatic nitrogens is 2. The number of sulfone groups is 1. The number of nitrogen functional groups attached to an aromatic ring is 1. The van der Waals surface area contributed by atoms with Crippen LogP contribution >= 0.6 is 11.6 Å². The maximum absolute atomic E-state index is 12.9. The Bertz CT molecular complexity index is 1100. The quantitative estimate of drug-likeness (QED) is 0.765. The van der Waals surface area contributed by atoms with Crippen LogP contribution < -0.4 is 17.0 Å². The predicted molar refractivity (Wildman–Crippen MR) is 89.0 cm³/mol. The molecule has 0 aliphatic carbocycles. The second-order valence-corrected chi connectivity index (χ2v) is 7.97. The molecular weight excluding hydrogens is 399 g/mol. The van der Waals surface area contributed by atoms with Gasteiger partial charge in [0, 0.05) is 19.4 Å². The van der Waals surface area contributed by atoms with Crippen LogP contribution in [0.5, 0.6) is 0 Å². The maximum Gasteiger partial charge on any atom is 0.431 e. The summed E-state index contributed by atoms with van der Waals surface area (Å²) in [4.78, 5) is 24.0. The lowest BCUT2D eigenvalue weighted by Gasteiger charge is -2.15. The van der Waals surface area contributed by atoms with E-state index in [1.165, 1.54) is 0 Å². The summed E-state index contributed by atoms with van der Waals surface area (Å²) in [6, 6.07) is 2.49. The van der Waals surface area contributed by atoms with Crippen molar-refractivity contribution in [1.82, 2.24) is 9.13 Å². The van der Waals surface area contributed by atoms with E-state index in [-0.39, 0.29) is 31.8 Å². The number of benzene rings is 1. The van der Waals surface area contributed by atoms with Gasteiger partial charge in [0.2, 0.25) is 0 Å². The van der Waals surface area contributed by atoms with E-state index in [4.69, 9.17) is 17.3 Å². The first-order chi connectivity index (χ1) is 11.7. The minimum atomic E-state index is -4.88. The smallest absolute Gasteiger partial charge is 0.397 e. The van der Waals surface area contributed by atoms with Gasteiger partial charge in [0.1, 0.15) is 5.69 Å². The zero-order chi connectivity index (χ0) is 20.0. The van der Waals surface area contributed by atoms with Crippen LogP contribution in [-0.2, 0) is 29.6 Å². The van der Waals surface area contributed by atoms with Gasteiger partial charge in [0.25, 0.3) is 5.56 Å². The first kappa shape index (κ1) is 20.0. The van der Waals surface area contributed by atoms with Gasteiger partial charge in [-0.1, -0.05) is 11.6 Å². The third-order valence-corrected chi connectivity index (χ3v) is 5.05. The Kier molecular flexibility index (Phi) is 4.99. The average Bonchev–Trinajstić information content (AvgIpc) is 2.48. The summed E-state index contributed by atoms with van der Waals surface area (Å²) >= 11 is 5.88. The van der Waals surface area contributed by atoms with Crippen LogP contribution in [0.1, 0.15) is 11.3 Å². The molecule has 26 heavy (non-hydrogen) atoms. The van der Waals surface area contributed by atoms with Crippen LogP contribution in [0, 0.1) is 0 Å². The third kappa shape index (κ3) is 3.78. The Hall–Kier alpha value is -2.27. The van der Waals surface area contributed by atoms with Crippen LogP contribution in [-0.4, -0.2) is 23.8 Å². The van der Waals surface area contributed by atoms with Gasteiger partial charge in [-0.25, -0.2) is 13.2 Å². The topological polar surface area (TPSA) is 104 Å². The minimum absolute atomic E-state index is 0.0110. The number of halogens is 4. The number of nitrogens with two attached hydrogens (primary N) is 1. The highest BCUT2D eigenvalue weighted by Crippen LogP contribution is 2.28. The minimum Gasteiger partial charge on any atom is -0.397 e. The van der Waals surface area contributed by atoms with Crippen molar-refractivity contribution in [2.45, 2.75) is 17.6 Å². The zero-order valence-electron chi connectivity index (χ0n) is 13.5. The van der Waals surface area contributed by atoms with Crippen molar-refractivity contribution in [3.8, 4) is 0 Å². The van der Waals surface area contributed by atoms with Crippen molar-refractivity contribution in [2.75, 3.05) is 12.0 Å². The number of alkyl halides is 3. The van der Waals surface area contributed by atoms with Gasteiger partial charge in [0.05, 0.1) is 22.2 Å². The summed E-state index contributed by atoms with van der Waals surface area (Å²) < 4.78 is 62.7. The predicted octanol–water partition coefficient (Wildman–Crippen LogP) is 1.25. The largest absolute Gasteiger partial charge is 0.431 e. The molecule has 1 heterocycles. The van der Waals surface area contributed by atoms with E-state index in [2.05, 4.69) is 0 Å². The highest BCUT2D eigenvalue weighted by molar-refractivity contribution is 7.90. The van der Waals surface area contributed by atoms with Crippen molar-refractivity contribution in [3.05, 3.63) is 55.3 Å². The lowest BCUT2D eigenvalue weighted by molar-refractivity contribution is -0.144. The molecule has 1 aromatic heterocycles. The SMILES string of the molecule is Cn1c(C(F)(F)F)cc(=O)n(Cc2cc(S(C)(=O)=O)cc(Cl)c2N)c1=O. The fourth-order valence-electron chi connectivity index (χ4n) is 2.25. The molecule has 0 saturated heterocycles. The van der Waals surface area contributed by atoms with E-state index in [0.717, 1.165) is 25.4 Å². The summed E-state index contributed by atoms with van der Waals surface area (Å²) in [5.74, 6) is 0. The Morgan fingerprint density at radius 3 is 2.27 bits per heavy atom. The third-order valence-electron chi connectivity index (χ3n) is 3.64. The molecule has 0 radical (unpaired) electrons. The summed E-state index contributed by atoms with van der Waals surface area (Å²) in [6.07, 6.45) is -3.97. The molecule has 0 unspecified atom stereocenters. The number of hydrogen-bond donors (Lipinski definition) is 1. The molecule has 0 saturated carbocycles. The lowest BCUT2D eigenvalue weighted by atomic mass is 10.2. The Labute approximate surface area is 150 Å². The van der Waals surface area contributed by atoms with Gasteiger partial charge >= 0.3 is 11.9 Å². The highest BCUT2D eigenvalue weighted by Gasteiger charge is 2.35. The molecule has 1 aromatic carbocycles. The molecule has 12 heteroatoms. The van der Waals surface area contributed by atoms with Crippen LogP contribution in [0.25, 0.3) is 0 Å². The van der Waals surface area contributed by atoms with E-state index in [0.29, 0.717) is 4.57 Å². The number of anilines is 1. The number of hydrogen-bond acceptors (Lipinski definition) is 5. The molecule has 2 N–H and O–H groups in total. The van der Waals surface area contributed by atoms with Crippen molar-refractivity contribution in [3.63, 3.8) is 0 Å². The molecule has 0 aliphatic rings. The van der Waals surface area contributed by atoms with E-state index in [9.17, 15) is 31.2 Å². The lowest BCUT2D eigenvalue weighted by Crippen LogP contribution is -2.42. The first-order valence-corrected chi connectivity index (χ1v) is 9.16. The molecule has 0 aliphatic heterocycles. The van der Waals surface area contributed by atoms with Gasteiger partial charge < -0.3 is 5.73 Å². The van der Waals surface area contributed by atoms with E-state index in [1.54, 1.807) is 0 Å². The normalized spacial score (nSPS) is 12.4. The standard InChI is InChI=1S/C14H13ClF3N3O4S/c1-20-10(14(16,17)18)5-11(22)21(13(20)23)6-7-3-8(26(2,24)25)4-9(15)12(7)19/h3-5H,6,19H2,1-2H3. The van der Waals surface area contributed by atoms with Gasteiger partial charge in [-0.05, 0) is 17.7 Å². The molecular formula is C14H13ClF3N3O4S. The zero-order valence-corrected chi connectivity index (χ0v) is 15.0. The number of nitrogens with zero attached hydrogens (tertiary/aromatic N) is 2. The molecule has 0 spiro atoms. The summed E-state index contributed by atoms with van der Waals surface area (Å²) in [5.41, 5.74) is 1.83. The van der Waals surface area contributed by atoms with Crippen molar-refractivity contribution >= 4 is 27.1 Å². The van der Waals surface area contributed by atoms with Gasteiger partial charge in [-0.2, -0.15) is 13.2 Å². The van der Waals surface area contributed by atoms with Crippen molar-refractivity contribution in [2.24, 2.45) is 7.05 Å². The van der Waals surface area contributed by atoms with Gasteiger partial charge in [-0.3, -0.25) is 13.9 Å². The summed E-state index contributed by atoms with van der Waals surface area (Å²) in [5, 5.41) is -0.125. The molecule has 2 rings (SSSR count). The van der Waals surface area contributed by atoms with E-state index >= 15 is 0 Å². The molecule has 0 atom stereocenters. The molecule has 142 valence electrons. The highest BCUT2D eigenvalue weighted by atomic mass is 35.5. The molecule has 0 bridgehead atoms. The van der Waals surface area contributed by atoms with Crippen LogP contribution in [0.2, 0.25) is 5.02 Å². The fraction of sp³-hybridized carbons (Fsp3) is 0.286.